The summed E-state index contributed by atoms with van der Waals surface area (Å²) in [7, 11) is 0. The SMILES string of the molecule is CCc1ccc(C(=O)NC2(C#N)CCCCCC2)o1. The van der Waals surface area contributed by atoms with Crippen LogP contribution in [-0.2, 0) is 6.42 Å². The molecule has 0 aromatic carbocycles. The zero-order valence-electron chi connectivity index (χ0n) is 11.4. The molecular formula is C15H20N2O2. The van der Waals surface area contributed by atoms with E-state index in [0.29, 0.717) is 5.76 Å². The maximum atomic E-state index is 12.2. The third-order valence-corrected chi connectivity index (χ3v) is 3.76. The molecule has 0 saturated heterocycles. The number of nitrogens with one attached hydrogen (secondary N) is 1. The lowest BCUT2D eigenvalue weighted by molar-refractivity contribution is 0.0882. The zero-order chi connectivity index (χ0) is 13.7. The summed E-state index contributed by atoms with van der Waals surface area (Å²) in [6.07, 6.45) is 6.49. The molecule has 0 bridgehead atoms. The van der Waals surface area contributed by atoms with Gasteiger partial charge in [0.05, 0.1) is 6.07 Å². The fraction of sp³-hybridized carbons (Fsp3) is 0.600. The fourth-order valence-electron chi connectivity index (χ4n) is 2.57. The van der Waals surface area contributed by atoms with Crippen LogP contribution in [0.1, 0.15) is 61.8 Å². The lowest BCUT2D eigenvalue weighted by Crippen LogP contribution is -2.46. The fourth-order valence-corrected chi connectivity index (χ4v) is 2.57. The van der Waals surface area contributed by atoms with Gasteiger partial charge in [0.2, 0.25) is 0 Å². The molecule has 4 nitrogen and oxygen atoms in total. The second kappa shape index (κ2) is 5.92. The number of amides is 1. The summed E-state index contributed by atoms with van der Waals surface area (Å²) in [5, 5.41) is 12.3. The Labute approximate surface area is 113 Å². The number of hydrogen-bond acceptors (Lipinski definition) is 3. The standard InChI is InChI=1S/C15H20N2O2/c1-2-12-7-8-13(19-12)14(18)17-15(11-16)9-5-3-4-6-10-15/h7-8H,2-6,9-10H2,1H3,(H,17,18). The quantitative estimate of drug-likeness (QED) is 0.849. The van der Waals surface area contributed by atoms with Crippen LogP contribution in [-0.4, -0.2) is 11.4 Å². The van der Waals surface area contributed by atoms with E-state index in [1.165, 1.54) is 0 Å². The van der Waals surface area contributed by atoms with Crippen molar-refractivity contribution in [2.45, 2.75) is 57.4 Å². The predicted molar refractivity (Wildman–Crippen MR) is 71.6 cm³/mol. The first-order chi connectivity index (χ1) is 9.19. The summed E-state index contributed by atoms with van der Waals surface area (Å²) in [5.41, 5.74) is -0.716. The van der Waals surface area contributed by atoms with Crippen molar-refractivity contribution < 1.29 is 9.21 Å². The molecular weight excluding hydrogens is 240 g/mol. The molecule has 102 valence electrons. The van der Waals surface area contributed by atoms with E-state index in [-0.39, 0.29) is 5.91 Å². The maximum Gasteiger partial charge on any atom is 0.288 e. The van der Waals surface area contributed by atoms with Crippen LogP contribution >= 0.6 is 0 Å². The van der Waals surface area contributed by atoms with Gasteiger partial charge in [-0.3, -0.25) is 4.79 Å². The molecule has 0 aliphatic heterocycles. The lowest BCUT2D eigenvalue weighted by atomic mass is 9.92. The van der Waals surface area contributed by atoms with Crippen molar-refractivity contribution >= 4 is 5.91 Å². The number of rotatable bonds is 3. The number of furan rings is 1. The summed E-state index contributed by atoms with van der Waals surface area (Å²) in [5.74, 6) is 0.816. The van der Waals surface area contributed by atoms with Gasteiger partial charge >= 0.3 is 0 Å². The monoisotopic (exact) mass is 260 g/mol. The molecule has 1 N–H and O–H groups in total. The van der Waals surface area contributed by atoms with Crippen LogP contribution in [0.5, 0.6) is 0 Å². The molecule has 1 amide bonds. The van der Waals surface area contributed by atoms with Crippen LogP contribution in [0, 0.1) is 11.3 Å². The van der Waals surface area contributed by atoms with Crippen LogP contribution in [0.25, 0.3) is 0 Å². The van der Waals surface area contributed by atoms with Gasteiger partial charge in [-0.2, -0.15) is 5.26 Å². The first-order valence-corrected chi connectivity index (χ1v) is 7.01. The first-order valence-electron chi connectivity index (χ1n) is 7.01. The molecule has 1 aliphatic rings. The average Bonchev–Trinajstić information content (AvgIpc) is 2.80. The van der Waals surface area contributed by atoms with E-state index >= 15 is 0 Å². The van der Waals surface area contributed by atoms with Gasteiger partial charge < -0.3 is 9.73 Å². The molecule has 2 rings (SSSR count). The molecule has 0 radical (unpaired) electrons. The Morgan fingerprint density at radius 2 is 2.05 bits per heavy atom. The zero-order valence-corrected chi connectivity index (χ0v) is 11.4. The van der Waals surface area contributed by atoms with E-state index in [2.05, 4.69) is 11.4 Å². The van der Waals surface area contributed by atoms with Gasteiger partial charge in [-0.1, -0.05) is 32.6 Å². The number of nitrogens with zero attached hydrogens (tertiary/aromatic N) is 1. The topological polar surface area (TPSA) is 66.0 Å². The number of aryl methyl sites for hydroxylation is 1. The number of carbonyl (C=O) groups is 1. The molecule has 4 heteroatoms. The Bertz CT molecular complexity index is 477. The predicted octanol–water partition coefficient (Wildman–Crippen LogP) is 3.19. The molecule has 0 unspecified atom stereocenters. The highest BCUT2D eigenvalue weighted by molar-refractivity contribution is 5.92. The van der Waals surface area contributed by atoms with Gasteiger partial charge in [0, 0.05) is 6.42 Å². The third-order valence-electron chi connectivity index (χ3n) is 3.76. The summed E-state index contributed by atoms with van der Waals surface area (Å²) in [6.45, 7) is 1.97. The Balaban J connectivity index is 2.09. The van der Waals surface area contributed by atoms with Crippen LogP contribution in [0.2, 0.25) is 0 Å². The molecule has 1 heterocycles. The summed E-state index contributed by atoms with van der Waals surface area (Å²) in [6, 6.07) is 5.79. The summed E-state index contributed by atoms with van der Waals surface area (Å²) >= 11 is 0. The molecule has 1 aromatic heterocycles. The highest BCUT2D eigenvalue weighted by Crippen LogP contribution is 2.27. The van der Waals surface area contributed by atoms with Crippen LogP contribution in [0.4, 0.5) is 0 Å². The molecule has 1 aromatic rings. The van der Waals surface area contributed by atoms with Crippen molar-refractivity contribution in [1.82, 2.24) is 5.32 Å². The molecule has 1 saturated carbocycles. The van der Waals surface area contributed by atoms with Crippen LogP contribution in [0.3, 0.4) is 0 Å². The minimum atomic E-state index is -0.716. The minimum Gasteiger partial charge on any atom is -0.456 e. The van der Waals surface area contributed by atoms with E-state index in [1.807, 2.05) is 6.92 Å². The third kappa shape index (κ3) is 3.17. The Morgan fingerprint density at radius 1 is 1.37 bits per heavy atom. The van der Waals surface area contributed by atoms with Crippen LogP contribution in [0.15, 0.2) is 16.5 Å². The van der Waals surface area contributed by atoms with E-state index in [0.717, 1.165) is 50.7 Å². The van der Waals surface area contributed by atoms with Crippen LogP contribution < -0.4 is 5.32 Å². The number of nitriles is 1. The largest absolute Gasteiger partial charge is 0.456 e. The molecule has 0 spiro atoms. The maximum absolute atomic E-state index is 12.2. The van der Waals surface area contributed by atoms with Crippen molar-refractivity contribution in [1.29, 1.82) is 5.26 Å². The summed E-state index contributed by atoms with van der Waals surface area (Å²) < 4.78 is 5.44. The van der Waals surface area contributed by atoms with Crippen molar-refractivity contribution in [3.05, 3.63) is 23.7 Å². The second-order valence-electron chi connectivity index (χ2n) is 5.18. The van der Waals surface area contributed by atoms with E-state index in [9.17, 15) is 10.1 Å². The van der Waals surface area contributed by atoms with Gasteiger partial charge in [-0.05, 0) is 25.0 Å². The smallest absolute Gasteiger partial charge is 0.288 e. The van der Waals surface area contributed by atoms with E-state index < -0.39 is 5.54 Å². The Hall–Kier alpha value is -1.76. The first kappa shape index (κ1) is 13.7. The van der Waals surface area contributed by atoms with E-state index in [4.69, 9.17) is 4.42 Å². The molecule has 0 atom stereocenters. The second-order valence-corrected chi connectivity index (χ2v) is 5.18. The minimum absolute atomic E-state index is 0.275. The van der Waals surface area contributed by atoms with Gasteiger partial charge in [0.25, 0.3) is 5.91 Å². The van der Waals surface area contributed by atoms with Gasteiger partial charge in [0.15, 0.2) is 5.76 Å². The Morgan fingerprint density at radius 3 is 2.58 bits per heavy atom. The van der Waals surface area contributed by atoms with Gasteiger partial charge in [-0.15, -0.1) is 0 Å². The molecule has 19 heavy (non-hydrogen) atoms. The van der Waals surface area contributed by atoms with Crippen molar-refractivity contribution in [3.8, 4) is 6.07 Å². The molecule has 1 aliphatic carbocycles. The number of hydrogen-bond donors (Lipinski definition) is 1. The number of carbonyl (C=O) groups excluding carboxylic acids is 1. The van der Waals surface area contributed by atoms with Crippen molar-refractivity contribution in [2.75, 3.05) is 0 Å². The summed E-state index contributed by atoms with van der Waals surface area (Å²) in [4.78, 5) is 12.2. The highest BCUT2D eigenvalue weighted by Gasteiger charge is 2.33. The van der Waals surface area contributed by atoms with E-state index in [1.54, 1.807) is 12.1 Å². The highest BCUT2D eigenvalue weighted by atomic mass is 16.3. The normalized spacial score (nSPS) is 18.3. The van der Waals surface area contributed by atoms with Gasteiger partial charge in [-0.25, -0.2) is 0 Å². The van der Waals surface area contributed by atoms with Crippen molar-refractivity contribution in [3.63, 3.8) is 0 Å². The average molecular weight is 260 g/mol. The molecule has 1 fully saturated rings. The Kier molecular flexibility index (Phi) is 4.26. The lowest BCUT2D eigenvalue weighted by Gasteiger charge is -2.25. The van der Waals surface area contributed by atoms with Gasteiger partial charge in [0.1, 0.15) is 11.3 Å². The van der Waals surface area contributed by atoms with Crippen molar-refractivity contribution in [2.24, 2.45) is 0 Å².